The third-order valence-corrected chi connectivity index (χ3v) is 8.99. The molecule has 0 bridgehead atoms. The minimum atomic E-state index is -1.23. The third kappa shape index (κ3) is 15.4. The van der Waals surface area contributed by atoms with Gasteiger partial charge in [-0.15, -0.1) is 0 Å². The predicted molar refractivity (Wildman–Crippen MR) is 207 cm³/mol. The maximum absolute atomic E-state index is 13.5. The zero-order valence-electron chi connectivity index (χ0n) is 32.9. The van der Waals surface area contributed by atoms with E-state index in [9.17, 15) is 33.6 Å². The number of hydrogen-bond donors (Lipinski definition) is 6. The van der Waals surface area contributed by atoms with Crippen LogP contribution >= 0.6 is 0 Å². The maximum Gasteiger partial charge on any atom is 0.243 e. The van der Waals surface area contributed by atoms with Gasteiger partial charge in [-0.05, 0) is 55.2 Å². The fourth-order valence-electron chi connectivity index (χ4n) is 5.55. The first-order valence-corrected chi connectivity index (χ1v) is 18.5. The number of nitrogens with two attached hydrogens (primary N) is 1. The molecule has 2 rings (SSSR count). The highest BCUT2D eigenvalue weighted by Gasteiger charge is 2.30. The van der Waals surface area contributed by atoms with Crippen molar-refractivity contribution in [1.29, 1.82) is 0 Å². The lowest BCUT2D eigenvalue weighted by atomic mass is 9.96. The first-order valence-electron chi connectivity index (χ1n) is 18.5. The highest BCUT2D eigenvalue weighted by atomic mass is 16.2. The van der Waals surface area contributed by atoms with Crippen LogP contribution in [0.5, 0.6) is 0 Å². The lowest BCUT2D eigenvalue weighted by Crippen LogP contribution is -2.56. The molecule has 0 saturated heterocycles. The van der Waals surface area contributed by atoms with Gasteiger partial charge in [0.15, 0.2) is 0 Å². The second-order valence-corrected chi connectivity index (χ2v) is 14.7. The molecule has 0 fully saturated rings. The van der Waals surface area contributed by atoms with Crippen LogP contribution in [0.2, 0.25) is 0 Å². The van der Waals surface area contributed by atoms with Crippen molar-refractivity contribution in [3.05, 3.63) is 60.2 Å². The van der Waals surface area contributed by atoms with Gasteiger partial charge in [0.25, 0.3) is 0 Å². The Labute approximate surface area is 319 Å². The number of likely N-dealkylation sites (N-methyl/N-ethyl adjacent to an activating group) is 1. The summed E-state index contributed by atoms with van der Waals surface area (Å²) in [6.07, 6.45) is 1.09. The van der Waals surface area contributed by atoms with Gasteiger partial charge in [-0.25, -0.2) is 0 Å². The molecule has 0 saturated carbocycles. The van der Waals surface area contributed by atoms with Crippen LogP contribution in [0.15, 0.2) is 54.6 Å². The summed E-state index contributed by atoms with van der Waals surface area (Å²) in [7, 11) is 1.38. The number of hydrogen-bond acceptors (Lipinski definition) is 7. The van der Waals surface area contributed by atoms with Gasteiger partial charge < -0.3 is 37.2 Å². The molecule has 0 aliphatic heterocycles. The molecule has 0 radical (unpaired) electrons. The van der Waals surface area contributed by atoms with Crippen molar-refractivity contribution in [2.45, 2.75) is 98.3 Å². The molecule has 0 aromatic heterocycles. The second kappa shape index (κ2) is 22.1. The van der Waals surface area contributed by atoms with Gasteiger partial charge in [-0.3, -0.25) is 33.6 Å². The molecule has 2 aromatic rings. The monoisotopic (exact) mass is 749 g/mol. The van der Waals surface area contributed by atoms with E-state index in [1.165, 1.54) is 20.9 Å². The van der Waals surface area contributed by atoms with Gasteiger partial charge in [-0.2, -0.15) is 0 Å². The number of nitrogens with one attached hydrogen (secondary N) is 5. The molecule has 7 amide bonds. The van der Waals surface area contributed by atoms with Crippen molar-refractivity contribution in [1.82, 2.24) is 31.5 Å². The molecule has 54 heavy (non-hydrogen) atoms. The molecule has 14 heteroatoms. The Kier molecular flexibility index (Phi) is 18.3. The number of nitrogens with zero attached hydrogens (tertiary/aromatic N) is 1. The molecule has 0 unspecified atom stereocenters. The SMILES string of the molecule is CC(C)CCNC(=O)[C@H](CC(N)=O)NC(=O)[C@@H](C)NC(=O)[C@H](C)N(C)C(=O)CNC(=O)[C@H](Cc1ccc(-c2ccccc2)cc1)NC(=O)[C@@H](C)CC(C)C. The Balaban J connectivity index is 2.04. The molecular formula is C40H59N7O7. The summed E-state index contributed by atoms with van der Waals surface area (Å²) in [4.78, 5) is 91.0. The molecule has 0 aliphatic carbocycles. The van der Waals surface area contributed by atoms with Crippen molar-refractivity contribution in [2.24, 2.45) is 23.5 Å². The number of rotatable bonds is 21. The van der Waals surface area contributed by atoms with E-state index in [4.69, 9.17) is 5.73 Å². The van der Waals surface area contributed by atoms with Crippen molar-refractivity contribution in [3.63, 3.8) is 0 Å². The Morgan fingerprint density at radius 3 is 1.80 bits per heavy atom. The van der Waals surface area contributed by atoms with Crippen LogP contribution in [0.4, 0.5) is 0 Å². The van der Waals surface area contributed by atoms with Gasteiger partial charge in [-0.1, -0.05) is 89.2 Å². The van der Waals surface area contributed by atoms with Crippen molar-refractivity contribution in [3.8, 4) is 11.1 Å². The van der Waals surface area contributed by atoms with Gasteiger partial charge >= 0.3 is 0 Å². The summed E-state index contributed by atoms with van der Waals surface area (Å²) in [6.45, 7) is 12.6. The van der Waals surface area contributed by atoms with E-state index >= 15 is 0 Å². The van der Waals surface area contributed by atoms with Crippen LogP contribution in [-0.2, 0) is 40.0 Å². The summed E-state index contributed by atoms with van der Waals surface area (Å²) >= 11 is 0. The number of carbonyl (C=O) groups excluding carboxylic acids is 7. The minimum Gasteiger partial charge on any atom is -0.370 e. The highest BCUT2D eigenvalue weighted by molar-refractivity contribution is 5.96. The minimum absolute atomic E-state index is 0.184. The largest absolute Gasteiger partial charge is 0.370 e. The fraction of sp³-hybridized carbons (Fsp3) is 0.525. The smallest absolute Gasteiger partial charge is 0.243 e. The zero-order valence-corrected chi connectivity index (χ0v) is 32.9. The van der Waals surface area contributed by atoms with E-state index in [0.717, 1.165) is 21.6 Å². The summed E-state index contributed by atoms with van der Waals surface area (Å²) in [5, 5.41) is 13.1. The Bertz CT molecular complexity index is 1580. The molecule has 14 nitrogen and oxygen atoms in total. The first kappa shape index (κ1) is 44.9. The van der Waals surface area contributed by atoms with Crippen LogP contribution in [0.25, 0.3) is 11.1 Å². The average Bonchev–Trinajstić information content (AvgIpc) is 3.12. The fourth-order valence-corrected chi connectivity index (χ4v) is 5.55. The Morgan fingerprint density at radius 1 is 0.648 bits per heavy atom. The van der Waals surface area contributed by atoms with Crippen LogP contribution in [0.3, 0.4) is 0 Å². The molecule has 0 aliphatic rings. The normalized spacial score (nSPS) is 13.8. The van der Waals surface area contributed by atoms with Gasteiger partial charge in [0.05, 0.1) is 13.0 Å². The Morgan fingerprint density at radius 2 is 1.22 bits per heavy atom. The number of amides is 7. The van der Waals surface area contributed by atoms with E-state index in [2.05, 4.69) is 26.6 Å². The van der Waals surface area contributed by atoms with Crippen LogP contribution in [-0.4, -0.2) is 90.6 Å². The maximum atomic E-state index is 13.5. The molecule has 5 atom stereocenters. The van der Waals surface area contributed by atoms with E-state index in [-0.39, 0.29) is 24.2 Å². The number of primary amides is 1. The third-order valence-electron chi connectivity index (χ3n) is 8.99. The number of benzene rings is 2. The van der Waals surface area contributed by atoms with Gasteiger partial charge in [0.1, 0.15) is 24.2 Å². The van der Waals surface area contributed by atoms with E-state index in [0.29, 0.717) is 25.3 Å². The lowest BCUT2D eigenvalue weighted by Gasteiger charge is -2.27. The standard InChI is InChI=1S/C40H59N7O7/c1-24(2)18-19-42-39(53)33(22-34(41)48)46-37(51)27(6)44-38(52)28(7)47(8)35(49)23-43-40(54)32(45-36(50)26(5)20-25(3)4)21-29-14-16-31(17-15-29)30-12-10-9-11-13-30/h9-17,24-28,32-33H,18-23H2,1-8H3,(H2,41,48)(H,42,53)(H,43,54)(H,44,52)(H,45,50)(H,46,51)/t26-,27+,28-,32-,33-/m0/s1. The predicted octanol–water partition coefficient (Wildman–Crippen LogP) is 2.05. The molecular weight excluding hydrogens is 690 g/mol. The van der Waals surface area contributed by atoms with Gasteiger partial charge in [0, 0.05) is 25.9 Å². The van der Waals surface area contributed by atoms with Crippen molar-refractivity contribution >= 4 is 41.4 Å². The summed E-state index contributed by atoms with van der Waals surface area (Å²) in [6, 6.07) is 13.1. The van der Waals surface area contributed by atoms with E-state index < -0.39 is 72.6 Å². The number of carbonyl (C=O) groups is 7. The molecule has 2 aromatic carbocycles. The van der Waals surface area contributed by atoms with Crippen LogP contribution < -0.4 is 32.3 Å². The molecule has 7 N–H and O–H groups in total. The van der Waals surface area contributed by atoms with Crippen molar-refractivity contribution < 1.29 is 33.6 Å². The van der Waals surface area contributed by atoms with E-state index in [1.807, 2.05) is 82.3 Å². The Hall–Kier alpha value is -5.27. The zero-order chi connectivity index (χ0) is 40.5. The summed E-state index contributed by atoms with van der Waals surface area (Å²) in [5.74, 6) is -3.92. The summed E-state index contributed by atoms with van der Waals surface area (Å²) < 4.78 is 0. The topological polar surface area (TPSA) is 209 Å². The van der Waals surface area contributed by atoms with Gasteiger partial charge in [0.2, 0.25) is 41.4 Å². The average molecular weight is 750 g/mol. The van der Waals surface area contributed by atoms with Crippen LogP contribution in [0, 0.1) is 17.8 Å². The quantitative estimate of drug-likeness (QED) is 0.112. The molecule has 0 spiro atoms. The highest BCUT2D eigenvalue weighted by Crippen LogP contribution is 2.20. The lowest BCUT2D eigenvalue weighted by molar-refractivity contribution is -0.140. The first-order chi connectivity index (χ1) is 25.4. The van der Waals surface area contributed by atoms with Crippen LogP contribution in [0.1, 0.15) is 73.3 Å². The summed E-state index contributed by atoms with van der Waals surface area (Å²) in [5.41, 5.74) is 8.15. The molecule has 296 valence electrons. The molecule has 0 heterocycles. The second-order valence-electron chi connectivity index (χ2n) is 14.7. The van der Waals surface area contributed by atoms with E-state index in [1.54, 1.807) is 6.92 Å². The van der Waals surface area contributed by atoms with Crippen molar-refractivity contribution in [2.75, 3.05) is 20.1 Å².